The maximum atomic E-state index is 5.61. The summed E-state index contributed by atoms with van der Waals surface area (Å²) in [5.41, 5.74) is 3.68. The van der Waals surface area contributed by atoms with E-state index in [0.717, 1.165) is 30.0 Å². The van der Waals surface area contributed by atoms with Crippen molar-refractivity contribution in [2.75, 3.05) is 18.5 Å². The summed E-state index contributed by atoms with van der Waals surface area (Å²) >= 11 is 5.51. The SMILES string of the molecule is S=C(Nc1ccc2c(c1)OCCO2)N[C@H]1CCCc2ccccc21. The van der Waals surface area contributed by atoms with Crippen molar-refractivity contribution in [2.24, 2.45) is 0 Å². The number of ether oxygens (including phenoxy) is 2. The number of benzene rings is 2. The van der Waals surface area contributed by atoms with Crippen molar-refractivity contribution in [1.82, 2.24) is 5.32 Å². The Kier molecular flexibility index (Phi) is 4.26. The summed E-state index contributed by atoms with van der Waals surface area (Å²) in [6.07, 6.45) is 3.43. The Hall–Kier alpha value is -2.27. The first-order valence-corrected chi connectivity index (χ1v) is 8.75. The van der Waals surface area contributed by atoms with Crippen LogP contribution < -0.4 is 20.1 Å². The molecule has 0 amide bonds. The topological polar surface area (TPSA) is 42.5 Å². The number of aryl methyl sites for hydroxylation is 1. The molecule has 1 aliphatic carbocycles. The third kappa shape index (κ3) is 3.17. The molecule has 1 atom stereocenters. The minimum absolute atomic E-state index is 0.271. The van der Waals surface area contributed by atoms with Gasteiger partial charge in [-0.3, -0.25) is 0 Å². The van der Waals surface area contributed by atoms with Gasteiger partial charge in [0, 0.05) is 11.8 Å². The molecule has 4 rings (SSSR count). The van der Waals surface area contributed by atoms with E-state index in [0.29, 0.717) is 18.3 Å². The largest absolute Gasteiger partial charge is 0.486 e. The monoisotopic (exact) mass is 340 g/mol. The number of rotatable bonds is 2. The summed E-state index contributed by atoms with van der Waals surface area (Å²) in [5, 5.41) is 7.34. The maximum Gasteiger partial charge on any atom is 0.171 e. The average Bonchev–Trinajstić information content (AvgIpc) is 2.62. The minimum Gasteiger partial charge on any atom is -0.486 e. The molecule has 2 aliphatic rings. The molecule has 24 heavy (non-hydrogen) atoms. The Bertz CT molecular complexity index is 763. The first-order valence-electron chi connectivity index (χ1n) is 8.34. The van der Waals surface area contributed by atoms with Gasteiger partial charge in [-0.25, -0.2) is 0 Å². The highest BCUT2D eigenvalue weighted by atomic mass is 32.1. The van der Waals surface area contributed by atoms with Crippen molar-refractivity contribution in [3.63, 3.8) is 0 Å². The van der Waals surface area contributed by atoms with E-state index in [-0.39, 0.29) is 6.04 Å². The van der Waals surface area contributed by atoms with E-state index >= 15 is 0 Å². The zero-order valence-electron chi connectivity index (χ0n) is 13.4. The molecule has 0 aromatic heterocycles. The van der Waals surface area contributed by atoms with Gasteiger partial charge in [0.15, 0.2) is 16.6 Å². The van der Waals surface area contributed by atoms with Gasteiger partial charge in [-0.15, -0.1) is 0 Å². The first kappa shape index (κ1) is 15.3. The smallest absolute Gasteiger partial charge is 0.171 e. The highest BCUT2D eigenvalue weighted by molar-refractivity contribution is 7.80. The van der Waals surface area contributed by atoms with Crippen molar-refractivity contribution in [3.05, 3.63) is 53.6 Å². The summed E-state index contributed by atoms with van der Waals surface area (Å²) in [6, 6.07) is 14.7. The van der Waals surface area contributed by atoms with Gasteiger partial charge in [-0.05, 0) is 54.7 Å². The Morgan fingerprint density at radius 1 is 1.04 bits per heavy atom. The van der Waals surface area contributed by atoms with Gasteiger partial charge in [-0.2, -0.15) is 0 Å². The maximum absolute atomic E-state index is 5.61. The Morgan fingerprint density at radius 3 is 2.79 bits per heavy atom. The quantitative estimate of drug-likeness (QED) is 0.814. The summed E-state index contributed by atoms with van der Waals surface area (Å²) < 4.78 is 11.2. The molecule has 0 bridgehead atoms. The van der Waals surface area contributed by atoms with Gasteiger partial charge in [0.05, 0.1) is 6.04 Å². The van der Waals surface area contributed by atoms with Gasteiger partial charge in [0.1, 0.15) is 13.2 Å². The fourth-order valence-electron chi connectivity index (χ4n) is 3.35. The van der Waals surface area contributed by atoms with Crippen LogP contribution in [-0.2, 0) is 6.42 Å². The molecule has 0 unspecified atom stereocenters. The minimum atomic E-state index is 0.271. The van der Waals surface area contributed by atoms with E-state index in [1.807, 2.05) is 18.2 Å². The predicted molar refractivity (Wildman–Crippen MR) is 98.9 cm³/mol. The van der Waals surface area contributed by atoms with Crippen molar-refractivity contribution < 1.29 is 9.47 Å². The average molecular weight is 340 g/mol. The van der Waals surface area contributed by atoms with Crippen LogP contribution in [0.4, 0.5) is 5.69 Å². The molecule has 4 nitrogen and oxygen atoms in total. The standard InChI is InChI=1S/C19H20N2O2S/c24-19(20-14-8-9-17-18(12-14)23-11-10-22-17)21-16-7-3-5-13-4-1-2-6-15(13)16/h1-2,4,6,8-9,12,16H,3,5,7,10-11H2,(H2,20,21,24)/t16-/m0/s1. The molecule has 5 heteroatoms. The van der Waals surface area contributed by atoms with E-state index in [2.05, 4.69) is 34.9 Å². The van der Waals surface area contributed by atoms with E-state index in [9.17, 15) is 0 Å². The lowest BCUT2D eigenvalue weighted by molar-refractivity contribution is 0.171. The second kappa shape index (κ2) is 6.69. The molecule has 0 spiro atoms. The van der Waals surface area contributed by atoms with Crippen molar-refractivity contribution in [3.8, 4) is 11.5 Å². The van der Waals surface area contributed by atoms with Gasteiger partial charge in [0.25, 0.3) is 0 Å². The van der Waals surface area contributed by atoms with Crippen LogP contribution in [0.1, 0.15) is 30.0 Å². The summed E-state index contributed by atoms with van der Waals surface area (Å²) in [4.78, 5) is 0. The lowest BCUT2D eigenvalue weighted by atomic mass is 9.88. The lowest BCUT2D eigenvalue weighted by Gasteiger charge is -2.27. The molecule has 1 heterocycles. The third-order valence-corrected chi connectivity index (χ3v) is 4.69. The highest BCUT2D eigenvalue weighted by Crippen LogP contribution is 2.33. The molecule has 2 aromatic carbocycles. The molecule has 2 N–H and O–H groups in total. The number of nitrogens with one attached hydrogen (secondary N) is 2. The van der Waals surface area contributed by atoms with Crippen LogP contribution in [0.15, 0.2) is 42.5 Å². The van der Waals surface area contributed by atoms with Gasteiger partial charge in [-0.1, -0.05) is 24.3 Å². The fraction of sp³-hybridized carbons (Fsp3) is 0.316. The zero-order valence-corrected chi connectivity index (χ0v) is 14.2. The molecule has 1 aliphatic heterocycles. The zero-order chi connectivity index (χ0) is 16.4. The summed E-state index contributed by atoms with van der Waals surface area (Å²) in [5.74, 6) is 1.55. The first-order chi connectivity index (χ1) is 11.8. The number of thiocarbonyl (C=S) groups is 1. The Balaban J connectivity index is 1.44. The van der Waals surface area contributed by atoms with Crippen LogP contribution in [0.5, 0.6) is 11.5 Å². The molecule has 0 radical (unpaired) electrons. The molecule has 2 aromatic rings. The lowest BCUT2D eigenvalue weighted by Crippen LogP contribution is -2.34. The molecular weight excluding hydrogens is 320 g/mol. The Morgan fingerprint density at radius 2 is 1.88 bits per heavy atom. The van der Waals surface area contributed by atoms with Crippen molar-refractivity contribution in [1.29, 1.82) is 0 Å². The van der Waals surface area contributed by atoms with E-state index < -0.39 is 0 Å². The summed E-state index contributed by atoms with van der Waals surface area (Å²) in [7, 11) is 0. The number of hydrogen-bond donors (Lipinski definition) is 2. The van der Waals surface area contributed by atoms with E-state index in [1.54, 1.807) is 0 Å². The second-order valence-electron chi connectivity index (χ2n) is 6.10. The molecule has 0 saturated carbocycles. The third-order valence-electron chi connectivity index (χ3n) is 4.47. The van der Waals surface area contributed by atoms with Gasteiger partial charge < -0.3 is 20.1 Å². The molecular formula is C19H20N2O2S. The van der Waals surface area contributed by atoms with Crippen LogP contribution in [0.3, 0.4) is 0 Å². The van der Waals surface area contributed by atoms with Crippen LogP contribution in [0, 0.1) is 0 Å². The summed E-state index contributed by atoms with van der Waals surface area (Å²) in [6.45, 7) is 1.18. The van der Waals surface area contributed by atoms with Crippen molar-refractivity contribution >= 4 is 23.0 Å². The molecule has 0 saturated heterocycles. The van der Waals surface area contributed by atoms with E-state index in [4.69, 9.17) is 21.7 Å². The number of anilines is 1. The fourth-order valence-corrected chi connectivity index (χ4v) is 3.61. The van der Waals surface area contributed by atoms with E-state index in [1.165, 1.54) is 17.5 Å². The number of fused-ring (bicyclic) bond motifs is 2. The van der Waals surface area contributed by atoms with Crippen LogP contribution in [-0.4, -0.2) is 18.3 Å². The highest BCUT2D eigenvalue weighted by Gasteiger charge is 2.20. The van der Waals surface area contributed by atoms with Gasteiger partial charge in [0.2, 0.25) is 0 Å². The number of hydrogen-bond acceptors (Lipinski definition) is 3. The Labute approximate surface area is 147 Å². The van der Waals surface area contributed by atoms with Crippen LogP contribution in [0.25, 0.3) is 0 Å². The van der Waals surface area contributed by atoms with Crippen LogP contribution in [0.2, 0.25) is 0 Å². The van der Waals surface area contributed by atoms with Crippen molar-refractivity contribution in [2.45, 2.75) is 25.3 Å². The predicted octanol–water partition coefficient (Wildman–Crippen LogP) is 3.82. The van der Waals surface area contributed by atoms with Gasteiger partial charge >= 0.3 is 0 Å². The normalized spacial score (nSPS) is 18.4. The second-order valence-corrected chi connectivity index (χ2v) is 6.51. The molecule has 0 fully saturated rings. The molecule has 124 valence electrons. The van der Waals surface area contributed by atoms with Crippen LogP contribution >= 0.6 is 12.2 Å².